The lowest BCUT2D eigenvalue weighted by molar-refractivity contribution is 0.594. The molecule has 0 aliphatic heterocycles. The standard InChI is InChI=1S/C9H13FN2/c1-6(2)7-3-8(10)9(4-11)12-5-7/h3,5-6H,4,11H2,1-2H3. The zero-order valence-electron chi connectivity index (χ0n) is 7.34. The smallest absolute Gasteiger partial charge is 0.146 e. The molecule has 0 radical (unpaired) electrons. The predicted octanol–water partition coefficient (Wildman–Crippen LogP) is 1.80. The van der Waals surface area contributed by atoms with Crippen LogP contribution in [-0.4, -0.2) is 4.98 Å². The highest BCUT2D eigenvalue weighted by atomic mass is 19.1. The van der Waals surface area contributed by atoms with Gasteiger partial charge in [0.2, 0.25) is 0 Å². The molecule has 0 aliphatic carbocycles. The molecule has 0 atom stereocenters. The molecule has 0 bridgehead atoms. The molecular formula is C9H13FN2. The molecule has 0 saturated heterocycles. The van der Waals surface area contributed by atoms with Crippen LogP contribution in [0.2, 0.25) is 0 Å². The van der Waals surface area contributed by atoms with E-state index in [0.717, 1.165) is 5.56 Å². The second kappa shape index (κ2) is 3.63. The quantitative estimate of drug-likeness (QED) is 0.731. The first kappa shape index (κ1) is 9.13. The molecule has 0 aromatic carbocycles. The van der Waals surface area contributed by atoms with Crippen LogP contribution in [0.25, 0.3) is 0 Å². The molecule has 66 valence electrons. The van der Waals surface area contributed by atoms with Crippen LogP contribution in [0.5, 0.6) is 0 Å². The van der Waals surface area contributed by atoms with Gasteiger partial charge >= 0.3 is 0 Å². The molecule has 0 fully saturated rings. The molecule has 0 saturated carbocycles. The van der Waals surface area contributed by atoms with Gasteiger partial charge in [0.25, 0.3) is 0 Å². The maximum atomic E-state index is 13.1. The Morgan fingerprint density at radius 3 is 2.67 bits per heavy atom. The first-order valence-corrected chi connectivity index (χ1v) is 3.99. The van der Waals surface area contributed by atoms with Crippen LogP contribution in [-0.2, 0) is 6.54 Å². The summed E-state index contributed by atoms with van der Waals surface area (Å²) in [5.74, 6) is 0.00234. The molecule has 1 rings (SSSR count). The van der Waals surface area contributed by atoms with Crippen molar-refractivity contribution in [2.45, 2.75) is 26.3 Å². The minimum Gasteiger partial charge on any atom is -0.325 e. The number of hydrogen-bond donors (Lipinski definition) is 1. The summed E-state index contributed by atoms with van der Waals surface area (Å²) in [6.45, 7) is 4.15. The van der Waals surface area contributed by atoms with Crippen LogP contribution >= 0.6 is 0 Å². The fourth-order valence-electron chi connectivity index (χ4n) is 0.947. The first-order chi connectivity index (χ1) is 5.65. The number of halogens is 1. The van der Waals surface area contributed by atoms with Crippen molar-refractivity contribution in [1.29, 1.82) is 0 Å². The Morgan fingerprint density at radius 2 is 2.25 bits per heavy atom. The van der Waals surface area contributed by atoms with Gasteiger partial charge in [0.15, 0.2) is 0 Å². The van der Waals surface area contributed by atoms with E-state index in [4.69, 9.17) is 5.73 Å². The summed E-state index contributed by atoms with van der Waals surface area (Å²) in [6.07, 6.45) is 1.68. The number of aromatic nitrogens is 1. The van der Waals surface area contributed by atoms with Gasteiger partial charge in [0, 0.05) is 12.7 Å². The van der Waals surface area contributed by atoms with E-state index < -0.39 is 0 Å². The lowest BCUT2D eigenvalue weighted by atomic mass is 10.1. The average molecular weight is 168 g/mol. The van der Waals surface area contributed by atoms with E-state index in [9.17, 15) is 4.39 Å². The van der Waals surface area contributed by atoms with E-state index in [0.29, 0.717) is 11.6 Å². The molecule has 0 spiro atoms. The third-order valence-electron chi connectivity index (χ3n) is 1.80. The van der Waals surface area contributed by atoms with E-state index >= 15 is 0 Å². The summed E-state index contributed by atoms with van der Waals surface area (Å²) in [6, 6.07) is 1.50. The maximum absolute atomic E-state index is 13.1. The van der Waals surface area contributed by atoms with Crippen molar-refractivity contribution in [3.05, 3.63) is 29.3 Å². The number of rotatable bonds is 2. The normalized spacial score (nSPS) is 10.8. The van der Waals surface area contributed by atoms with Gasteiger partial charge in [0.1, 0.15) is 5.82 Å². The van der Waals surface area contributed by atoms with Gasteiger partial charge in [-0.1, -0.05) is 13.8 Å². The van der Waals surface area contributed by atoms with Crippen molar-refractivity contribution >= 4 is 0 Å². The second-order valence-corrected chi connectivity index (χ2v) is 3.06. The molecule has 0 unspecified atom stereocenters. The van der Waals surface area contributed by atoms with Crippen LogP contribution < -0.4 is 5.73 Å². The SMILES string of the molecule is CC(C)c1cnc(CN)c(F)c1. The molecule has 1 aromatic heterocycles. The number of nitrogens with zero attached hydrogens (tertiary/aromatic N) is 1. The number of nitrogens with two attached hydrogens (primary N) is 1. The molecule has 1 aromatic rings. The highest BCUT2D eigenvalue weighted by molar-refractivity contribution is 5.18. The zero-order chi connectivity index (χ0) is 9.14. The fourth-order valence-corrected chi connectivity index (χ4v) is 0.947. The van der Waals surface area contributed by atoms with Crippen LogP contribution in [0.15, 0.2) is 12.3 Å². The van der Waals surface area contributed by atoms with Crippen LogP contribution in [0.3, 0.4) is 0 Å². The summed E-state index contributed by atoms with van der Waals surface area (Å²) in [4.78, 5) is 3.92. The summed E-state index contributed by atoms with van der Waals surface area (Å²) in [5, 5.41) is 0. The Hall–Kier alpha value is -0.960. The minimum absolute atomic E-state index is 0.157. The monoisotopic (exact) mass is 168 g/mol. The van der Waals surface area contributed by atoms with Gasteiger partial charge in [-0.3, -0.25) is 4.98 Å². The van der Waals surface area contributed by atoms with Crippen LogP contribution in [0.1, 0.15) is 31.0 Å². The van der Waals surface area contributed by atoms with Gasteiger partial charge in [-0.2, -0.15) is 0 Å². The Balaban J connectivity index is 3.02. The second-order valence-electron chi connectivity index (χ2n) is 3.06. The lowest BCUT2D eigenvalue weighted by Crippen LogP contribution is -2.04. The number of pyridine rings is 1. The first-order valence-electron chi connectivity index (χ1n) is 3.99. The van der Waals surface area contributed by atoms with Crippen LogP contribution in [0, 0.1) is 5.82 Å². The molecule has 2 N–H and O–H groups in total. The Morgan fingerprint density at radius 1 is 1.58 bits per heavy atom. The Kier molecular flexibility index (Phi) is 2.76. The Labute approximate surface area is 71.6 Å². The van der Waals surface area contributed by atoms with Crippen molar-refractivity contribution < 1.29 is 4.39 Å². The molecule has 0 aliphatic rings. The van der Waals surface area contributed by atoms with E-state index in [1.165, 1.54) is 6.07 Å². The largest absolute Gasteiger partial charge is 0.325 e. The highest BCUT2D eigenvalue weighted by Crippen LogP contribution is 2.15. The van der Waals surface area contributed by atoms with Crippen molar-refractivity contribution in [2.75, 3.05) is 0 Å². The Bertz CT molecular complexity index is 271. The third kappa shape index (κ3) is 1.80. The molecule has 0 amide bonds. The maximum Gasteiger partial charge on any atom is 0.146 e. The third-order valence-corrected chi connectivity index (χ3v) is 1.80. The summed E-state index contributed by atoms with van der Waals surface area (Å²) < 4.78 is 13.1. The highest BCUT2D eigenvalue weighted by Gasteiger charge is 2.05. The lowest BCUT2D eigenvalue weighted by Gasteiger charge is -2.05. The summed E-state index contributed by atoms with van der Waals surface area (Å²) in [5.41, 5.74) is 6.51. The van der Waals surface area contributed by atoms with E-state index in [1.807, 2.05) is 13.8 Å². The van der Waals surface area contributed by atoms with E-state index in [-0.39, 0.29) is 12.4 Å². The molecule has 12 heavy (non-hydrogen) atoms. The molecular weight excluding hydrogens is 155 g/mol. The topological polar surface area (TPSA) is 38.9 Å². The van der Waals surface area contributed by atoms with Gasteiger partial charge in [-0.15, -0.1) is 0 Å². The molecule has 2 nitrogen and oxygen atoms in total. The van der Waals surface area contributed by atoms with Crippen molar-refractivity contribution in [3.8, 4) is 0 Å². The van der Waals surface area contributed by atoms with Crippen LogP contribution in [0.4, 0.5) is 4.39 Å². The van der Waals surface area contributed by atoms with Crippen molar-refractivity contribution in [3.63, 3.8) is 0 Å². The van der Waals surface area contributed by atoms with E-state index in [1.54, 1.807) is 6.20 Å². The van der Waals surface area contributed by atoms with Gasteiger partial charge in [0.05, 0.1) is 5.69 Å². The van der Waals surface area contributed by atoms with Gasteiger partial charge in [-0.05, 0) is 17.5 Å². The molecule has 3 heteroatoms. The predicted molar refractivity (Wildman–Crippen MR) is 46.2 cm³/mol. The minimum atomic E-state index is -0.302. The van der Waals surface area contributed by atoms with Crippen molar-refractivity contribution in [1.82, 2.24) is 4.98 Å². The van der Waals surface area contributed by atoms with E-state index in [2.05, 4.69) is 4.98 Å². The fraction of sp³-hybridized carbons (Fsp3) is 0.444. The summed E-state index contributed by atoms with van der Waals surface area (Å²) >= 11 is 0. The summed E-state index contributed by atoms with van der Waals surface area (Å²) in [7, 11) is 0. The molecule has 1 heterocycles. The number of hydrogen-bond acceptors (Lipinski definition) is 2. The average Bonchev–Trinajstić information content (AvgIpc) is 2.04. The zero-order valence-corrected chi connectivity index (χ0v) is 7.34. The van der Waals surface area contributed by atoms with Crippen molar-refractivity contribution in [2.24, 2.45) is 5.73 Å². The van der Waals surface area contributed by atoms with Gasteiger partial charge in [-0.25, -0.2) is 4.39 Å². The van der Waals surface area contributed by atoms with Gasteiger partial charge < -0.3 is 5.73 Å².